The minimum Gasteiger partial charge on any atom is -0.389 e. The molecule has 2 nitrogen and oxygen atoms in total. The number of carbonyl (C=O) groups is 1. The third kappa shape index (κ3) is 5.67. The molecule has 2 rings (SSSR count). The lowest BCUT2D eigenvalue weighted by molar-refractivity contribution is 0.101. The van der Waals surface area contributed by atoms with Gasteiger partial charge in [-0.15, -0.1) is 0 Å². The maximum Gasteiger partial charge on any atom is 0.160 e. The first-order valence-electron chi connectivity index (χ1n) is 6.93. The van der Waals surface area contributed by atoms with E-state index in [1.54, 1.807) is 13.8 Å². The second-order valence-corrected chi connectivity index (χ2v) is 7.02. The molecule has 4 heteroatoms. The zero-order valence-corrected chi connectivity index (χ0v) is 16.3. The lowest BCUT2D eigenvalue weighted by atomic mass is 10.1. The Kier molecular flexibility index (Phi) is 7.46. The second kappa shape index (κ2) is 8.61. The minimum absolute atomic E-state index is 0.120. The second-order valence-electron chi connectivity index (χ2n) is 5.19. The normalized spacial score (nSPS) is 11.4. The fourth-order valence-corrected chi connectivity index (χ4v) is 3.08. The predicted octanol–water partition coefficient (Wildman–Crippen LogP) is 5.77. The molecule has 0 saturated carbocycles. The minimum atomic E-state index is -0.372. The zero-order chi connectivity index (χ0) is 16.9. The number of Topliss-reactive ketones (excluding diaryl/α,β-unsaturated/α-hetero) is 1. The third-order valence-electron chi connectivity index (χ3n) is 3.25. The number of aryl methyl sites for hydroxylation is 2. The Morgan fingerprint density at radius 1 is 1.00 bits per heavy atom. The standard InChI is InChI=1S/C9H11BrO.C9H9BrO/c2*1-6-5-8(10)3-4-9(6)7(2)11/h3-5,7,11H,1-2H3;3-5H,1-2H3. The first kappa shape index (κ1) is 19.1. The highest BCUT2D eigenvalue weighted by molar-refractivity contribution is 9.10. The Hall–Kier alpha value is -0.970. The summed E-state index contributed by atoms with van der Waals surface area (Å²) >= 11 is 6.70. The molecule has 1 atom stereocenters. The highest BCUT2D eigenvalue weighted by atomic mass is 79.9. The molecule has 0 fully saturated rings. The Bertz CT molecular complexity index is 664. The van der Waals surface area contributed by atoms with Crippen molar-refractivity contribution in [2.24, 2.45) is 0 Å². The number of ketones is 1. The number of carbonyl (C=O) groups excluding carboxylic acids is 1. The van der Waals surface area contributed by atoms with E-state index in [4.69, 9.17) is 0 Å². The topological polar surface area (TPSA) is 37.3 Å². The molecule has 0 amide bonds. The largest absolute Gasteiger partial charge is 0.389 e. The van der Waals surface area contributed by atoms with E-state index < -0.39 is 0 Å². The summed E-state index contributed by atoms with van der Waals surface area (Å²) in [6, 6.07) is 11.5. The summed E-state index contributed by atoms with van der Waals surface area (Å²) in [5.74, 6) is 0.120. The average molecular weight is 428 g/mol. The molecule has 2 aromatic carbocycles. The van der Waals surface area contributed by atoms with Crippen molar-refractivity contribution in [3.05, 3.63) is 67.6 Å². The fraction of sp³-hybridized carbons (Fsp3) is 0.278. The molecule has 0 spiro atoms. The van der Waals surface area contributed by atoms with Crippen molar-refractivity contribution < 1.29 is 9.90 Å². The summed E-state index contributed by atoms with van der Waals surface area (Å²) in [5.41, 5.74) is 3.93. The SMILES string of the molecule is CC(=O)c1ccc(Br)cc1C.Cc1cc(Br)ccc1C(C)O. The Morgan fingerprint density at radius 3 is 1.91 bits per heavy atom. The summed E-state index contributed by atoms with van der Waals surface area (Å²) in [4.78, 5) is 11.0. The van der Waals surface area contributed by atoms with Gasteiger partial charge in [0.15, 0.2) is 5.78 Å². The van der Waals surface area contributed by atoms with Gasteiger partial charge in [-0.3, -0.25) is 4.79 Å². The molecular weight excluding hydrogens is 408 g/mol. The molecule has 0 aliphatic carbocycles. The van der Waals surface area contributed by atoms with Crippen LogP contribution in [0.1, 0.15) is 47.0 Å². The van der Waals surface area contributed by atoms with Gasteiger partial charge in [-0.25, -0.2) is 0 Å². The Labute approximate surface area is 148 Å². The molecule has 0 saturated heterocycles. The van der Waals surface area contributed by atoms with Crippen LogP contribution in [0.15, 0.2) is 45.3 Å². The number of hydrogen-bond acceptors (Lipinski definition) is 2. The molecule has 1 unspecified atom stereocenters. The van der Waals surface area contributed by atoms with Crippen molar-refractivity contribution in [3.63, 3.8) is 0 Å². The summed E-state index contributed by atoms with van der Waals surface area (Å²) < 4.78 is 2.07. The monoisotopic (exact) mass is 426 g/mol. The van der Waals surface area contributed by atoms with Crippen LogP contribution in [0.25, 0.3) is 0 Å². The van der Waals surface area contributed by atoms with Crippen molar-refractivity contribution in [1.29, 1.82) is 0 Å². The van der Waals surface area contributed by atoms with Gasteiger partial charge >= 0.3 is 0 Å². The zero-order valence-electron chi connectivity index (χ0n) is 13.2. The van der Waals surface area contributed by atoms with Crippen LogP contribution < -0.4 is 0 Å². The predicted molar refractivity (Wildman–Crippen MR) is 98.4 cm³/mol. The molecule has 22 heavy (non-hydrogen) atoms. The maximum absolute atomic E-state index is 11.0. The Balaban J connectivity index is 0.000000220. The number of halogens is 2. The van der Waals surface area contributed by atoms with E-state index in [1.165, 1.54) is 0 Å². The number of aliphatic hydroxyl groups is 1. The number of benzene rings is 2. The van der Waals surface area contributed by atoms with Gasteiger partial charge in [0.2, 0.25) is 0 Å². The van der Waals surface area contributed by atoms with E-state index in [-0.39, 0.29) is 11.9 Å². The van der Waals surface area contributed by atoms with Crippen LogP contribution in [0.4, 0.5) is 0 Å². The van der Waals surface area contributed by atoms with Crippen molar-refractivity contribution >= 4 is 37.6 Å². The van der Waals surface area contributed by atoms with Crippen LogP contribution in [-0.2, 0) is 0 Å². The number of aliphatic hydroxyl groups excluding tert-OH is 1. The number of rotatable bonds is 2. The van der Waals surface area contributed by atoms with Crippen molar-refractivity contribution in [1.82, 2.24) is 0 Å². The third-order valence-corrected chi connectivity index (χ3v) is 4.24. The molecule has 118 valence electrons. The van der Waals surface area contributed by atoms with E-state index in [1.807, 2.05) is 50.2 Å². The van der Waals surface area contributed by atoms with Crippen LogP contribution in [0.3, 0.4) is 0 Å². The van der Waals surface area contributed by atoms with E-state index in [0.717, 1.165) is 31.2 Å². The highest BCUT2D eigenvalue weighted by Crippen LogP contribution is 2.20. The smallest absolute Gasteiger partial charge is 0.160 e. The van der Waals surface area contributed by atoms with Gasteiger partial charge in [0.25, 0.3) is 0 Å². The number of hydrogen-bond donors (Lipinski definition) is 1. The molecule has 0 bridgehead atoms. The first-order chi connectivity index (χ1) is 10.2. The molecule has 0 heterocycles. The van der Waals surface area contributed by atoms with Gasteiger partial charge < -0.3 is 5.11 Å². The van der Waals surface area contributed by atoms with Gasteiger partial charge in [0.05, 0.1) is 6.10 Å². The summed E-state index contributed by atoms with van der Waals surface area (Å²) in [5, 5.41) is 9.28. The Morgan fingerprint density at radius 2 is 1.50 bits per heavy atom. The molecule has 2 aromatic rings. The lowest BCUT2D eigenvalue weighted by Gasteiger charge is -2.07. The van der Waals surface area contributed by atoms with Crippen LogP contribution in [-0.4, -0.2) is 10.9 Å². The van der Waals surface area contributed by atoms with Gasteiger partial charge in [0, 0.05) is 14.5 Å². The highest BCUT2D eigenvalue weighted by Gasteiger charge is 2.03. The van der Waals surface area contributed by atoms with Gasteiger partial charge in [0.1, 0.15) is 0 Å². The van der Waals surface area contributed by atoms with Crippen LogP contribution in [0, 0.1) is 13.8 Å². The molecule has 1 N–H and O–H groups in total. The van der Waals surface area contributed by atoms with Gasteiger partial charge in [-0.2, -0.15) is 0 Å². The van der Waals surface area contributed by atoms with E-state index in [2.05, 4.69) is 31.9 Å². The van der Waals surface area contributed by atoms with Gasteiger partial charge in [-0.05, 0) is 68.7 Å². The summed E-state index contributed by atoms with van der Waals surface area (Å²) in [6.07, 6.45) is -0.372. The first-order valence-corrected chi connectivity index (χ1v) is 8.52. The van der Waals surface area contributed by atoms with E-state index in [9.17, 15) is 9.90 Å². The molecular formula is C18H20Br2O2. The van der Waals surface area contributed by atoms with Crippen molar-refractivity contribution in [2.45, 2.75) is 33.8 Å². The van der Waals surface area contributed by atoms with Crippen LogP contribution in [0.5, 0.6) is 0 Å². The van der Waals surface area contributed by atoms with Crippen molar-refractivity contribution in [3.8, 4) is 0 Å². The lowest BCUT2D eigenvalue weighted by Crippen LogP contribution is -1.94. The van der Waals surface area contributed by atoms with E-state index in [0.29, 0.717) is 0 Å². The summed E-state index contributed by atoms with van der Waals surface area (Å²) in [6.45, 7) is 7.28. The maximum atomic E-state index is 11.0. The average Bonchev–Trinajstić information content (AvgIpc) is 2.38. The quantitative estimate of drug-likeness (QED) is 0.617. The summed E-state index contributed by atoms with van der Waals surface area (Å²) in [7, 11) is 0. The van der Waals surface area contributed by atoms with Gasteiger partial charge in [-0.1, -0.05) is 44.0 Å². The van der Waals surface area contributed by atoms with Crippen LogP contribution >= 0.6 is 31.9 Å². The van der Waals surface area contributed by atoms with Crippen LogP contribution in [0.2, 0.25) is 0 Å². The molecule has 0 aliphatic heterocycles. The molecule has 0 radical (unpaired) electrons. The fourth-order valence-electron chi connectivity index (χ4n) is 2.13. The molecule has 0 aliphatic rings. The molecule has 0 aromatic heterocycles. The van der Waals surface area contributed by atoms with Crippen molar-refractivity contribution in [2.75, 3.05) is 0 Å². The van der Waals surface area contributed by atoms with E-state index >= 15 is 0 Å².